The van der Waals surface area contributed by atoms with E-state index in [1.807, 2.05) is 0 Å². The molecule has 4 heteroatoms. The quantitative estimate of drug-likeness (QED) is 0.799. The normalized spacial score (nSPS) is 13.1. The van der Waals surface area contributed by atoms with Crippen molar-refractivity contribution in [2.75, 3.05) is 0 Å². The number of aromatic nitrogens is 3. The fourth-order valence-electron chi connectivity index (χ4n) is 2.68. The lowest BCUT2D eigenvalue weighted by atomic mass is 9.96. The minimum atomic E-state index is 0.230. The fraction of sp³-hybridized carbons (Fsp3) is 0.529. The van der Waals surface area contributed by atoms with Gasteiger partial charge >= 0.3 is 0 Å². The van der Waals surface area contributed by atoms with E-state index in [2.05, 4.69) is 73.6 Å². The van der Waals surface area contributed by atoms with Crippen molar-refractivity contribution in [3.63, 3.8) is 0 Å². The average molecular weight is 303 g/mol. The number of hydrogen-bond donors (Lipinski definition) is 1. The first-order chi connectivity index (χ1) is 9.90. The molecule has 0 unspecified atom stereocenters. The third-order valence-corrected chi connectivity index (χ3v) is 4.05. The molecule has 1 heterocycles. The molecule has 3 nitrogen and oxygen atoms in total. The molecule has 0 fully saturated rings. The lowest BCUT2D eigenvalue weighted by molar-refractivity contribution is 0.551. The zero-order valence-electron chi connectivity index (χ0n) is 13.6. The van der Waals surface area contributed by atoms with Crippen LogP contribution in [0, 0.1) is 10.7 Å². The van der Waals surface area contributed by atoms with Crippen LogP contribution in [0.1, 0.15) is 63.5 Å². The van der Waals surface area contributed by atoms with Gasteiger partial charge in [0.25, 0.3) is 0 Å². The highest BCUT2D eigenvalue weighted by atomic mass is 32.1. The summed E-state index contributed by atoms with van der Waals surface area (Å²) in [6, 6.07) is 9.20. The van der Waals surface area contributed by atoms with Crippen molar-refractivity contribution in [1.82, 2.24) is 14.8 Å². The van der Waals surface area contributed by atoms with E-state index < -0.39 is 0 Å². The molecular formula is C17H25N3S. The number of aromatic amines is 1. The second-order valence-corrected chi connectivity index (χ2v) is 6.80. The summed E-state index contributed by atoms with van der Waals surface area (Å²) in [6.07, 6.45) is 1.12. The minimum absolute atomic E-state index is 0.230. The van der Waals surface area contributed by atoms with Crippen molar-refractivity contribution in [3.05, 3.63) is 46.0 Å². The third-order valence-electron chi connectivity index (χ3n) is 3.76. The largest absolute Gasteiger partial charge is 0.301 e. The molecular weight excluding hydrogens is 278 g/mol. The van der Waals surface area contributed by atoms with Crippen LogP contribution >= 0.6 is 12.2 Å². The van der Waals surface area contributed by atoms with Gasteiger partial charge in [-0.25, -0.2) is 0 Å². The maximum absolute atomic E-state index is 5.33. The lowest BCUT2D eigenvalue weighted by Gasteiger charge is -2.16. The highest BCUT2D eigenvalue weighted by Gasteiger charge is 2.17. The Kier molecular flexibility index (Phi) is 4.99. The number of hydrogen-bond acceptors (Lipinski definition) is 2. The van der Waals surface area contributed by atoms with Crippen LogP contribution in [0.4, 0.5) is 0 Å². The number of rotatable bonds is 5. The Morgan fingerprint density at radius 2 is 1.71 bits per heavy atom. The summed E-state index contributed by atoms with van der Waals surface area (Å²) < 4.78 is 2.80. The molecule has 0 saturated heterocycles. The molecule has 1 aromatic carbocycles. The third kappa shape index (κ3) is 3.62. The van der Waals surface area contributed by atoms with Crippen LogP contribution in [-0.2, 0) is 6.42 Å². The van der Waals surface area contributed by atoms with E-state index >= 15 is 0 Å². The van der Waals surface area contributed by atoms with E-state index in [1.54, 1.807) is 0 Å². The molecule has 2 rings (SSSR count). The molecule has 114 valence electrons. The van der Waals surface area contributed by atoms with E-state index in [0.717, 1.165) is 12.2 Å². The lowest BCUT2D eigenvalue weighted by Crippen LogP contribution is -2.10. The number of nitrogens with one attached hydrogen (secondary N) is 1. The second-order valence-electron chi connectivity index (χ2n) is 6.41. The van der Waals surface area contributed by atoms with Crippen molar-refractivity contribution in [2.24, 2.45) is 5.92 Å². The molecule has 0 aliphatic heterocycles. The first kappa shape index (κ1) is 16.0. The Morgan fingerprint density at radius 3 is 2.24 bits per heavy atom. The molecule has 0 amide bonds. The Hall–Kier alpha value is -1.42. The molecule has 0 bridgehead atoms. The average Bonchev–Trinajstić information content (AvgIpc) is 2.80. The summed E-state index contributed by atoms with van der Waals surface area (Å²) in [5.41, 5.74) is 2.67. The number of H-pyrrole nitrogens is 1. The highest BCUT2D eigenvalue weighted by Crippen LogP contribution is 2.25. The SMILES string of the molecule is CC(C)Cc1ccc([C@H](C)c2n[nH]c(=S)n2C(C)C)cc1. The van der Waals surface area contributed by atoms with Crippen LogP contribution in [0.3, 0.4) is 0 Å². The van der Waals surface area contributed by atoms with Gasteiger partial charge in [0.2, 0.25) is 0 Å². The molecule has 1 N–H and O–H groups in total. The van der Waals surface area contributed by atoms with Crippen LogP contribution in [0.25, 0.3) is 0 Å². The molecule has 1 aromatic heterocycles. The molecule has 0 aliphatic rings. The maximum Gasteiger partial charge on any atom is 0.195 e. The van der Waals surface area contributed by atoms with Crippen LogP contribution in [0.15, 0.2) is 24.3 Å². The maximum atomic E-state index is 5.33. The van der Waals surface area contributed by atoms with Gasteiger partial charge < -0.3 is 4.57 Å². The van der Waals surface area contributed by atoms with Crippen molar-refractivity contribution in [2.45, 2.75) is 53.0 Å². The van der Waals surface area contributed by atoms with Gasteiger partial charge in [0.15, 0.2) is 4.77 Å². The predicted molar refractivity (Wildman–Crippen MR) is 90.3 cm³/mol. The van der Waals surface area contributed by atoms with Crippen LogP contribution in [-0.4, -0.2) is 14.8 Å². The van der Waals surface area contributed by atoms with Gasteiger partial charge in [0, 0.05) is 12.0 Å². The summed E-state index contributed by atoms with van der Waals surface area (Å²) >= 11 is 5.33. The highest BCUT2D eigenvalue weighted by molar-refractivity contribution is 7.71. The summed E-state index contributed by atoms with van der Waals surface area (Å²) in [5.74, 6) is 1.92. The van der Waals surface area contributed by atoms with Gasteiger partial charge in [-0.05, 0) is 49.5 Å². The topological polar surface area (TPSA) is 33.6 Å². The van der Waals surface area contributed by atoms with Crippen LogP contribution in [0.5, 0.6) is 0 Å². The Labute approximate surface area is 132 Å². The number of nitrogens with zero attached hydrogens (tertiary/aromatic N) is 2. The second kappa shape index (κ2) is 6.56. The summed E-state index contributed by atoms with van der Waals surface area (Å²) in [4.78, 5) is 0. The van der Waals surface area contributed by atoms with E-state index in [-0.39, 0.29) is 5.92 Å². The Balaban J connectivity index is 2.28. The van der Waals surface area contributed by atoms with E-state index in [9.17, 15) is 0 Å². The minimum Gasteiger partial charge on any atom is -0.301 e. The van der Waals surface area contributed by atoms with Gasteiger partial charge in [-0.15, -0.1) is 0 Å². The molecule has 0 aliphatic carbocycles. The Morgan fingerprint density at radius 1 is 1.10 bits per heavy atom. The van der Waals surface area contributed by atoms with E-state index in [0.29, 0.717) is 16.7 Å². The van der Waals surface area contributed by atoms with Crippen molar-refractivity contribution in [3.8, 4) is 0 Å². The molecule has 0 spiro atoms. The molecule has 0 radical (unpaired) electrons. The monoisotopic (exact) mass is 303 g/mol. The zero-order valence-corrected chi connectivity index (χ0v) is 14.4. The molecule has 0 saturated carbocycles. The Bertz CT molecular complexity index is 635. The molecule has 21 heavy (non-hydrogen) atoms. The van der Waals surface area contributed by atoms with E-state index in [1.165, 1.54) is 11.1 Å². The molecule has 1 atom stereocenters. The van der Waals surface area contributed by atoms with Crippen LogP contribution in [0.2, 0.25) is 0 Å². The summed E-state index contributed by atoms with van der Waals surface area (Å²) in [6.45, 7) is 10.9. The van der Waals surface area contributed by atoms with E-state index in [4.69, 9.17) is 12.2 Å². The smallest absolute Gasteiger partial charge is 0.195 e. The molecule has 2 aromatic rings. The van der Waals surface area contributed by atoms with Crippen LogP contribution < -0.4 is 0 Å². The summed E-state index contributed by atoms with van der Waals surface area (Å²) in [7, 11) is 0. The van der Waals surface area contributed by atoms with Gasteiger partial charge in [0.1, 0.15) is 5.82 Å². The standard InChI is InChI=1S/C17H25N3S/c1-11(2)10-14-6-8-15(9-7-14)13(5)16-18-19-17(21)20(16)12(3)4/h6-9,11-13H,10H2,1-5H3,(H,19,21)/t13-/m0/s1. The van der Waals surface area contributed by atoms with Crippen molar-refractivity contribution in [1.29, 1.82) is 0 Å². The van der Waals surface area contributed by atoms with Gasteiger partial charge in [-0.3, -0.25) is 5.10 Å². The van der Waals surface area contributed by atoms with Gasteiger partial charge in [-0.1, -0.05) is 45.0 Å². The summed E-state index contributed by atoms with van der Waals surface area (Å²) in [5, 5.41) is 7.35. The van der Waals surface area contributed by atoms with Crippen molar-refractivity contribution < 1.29 is 0 Å². The van der Waals surface area contributed by atoms with Crippen molar-refractivity contribution >= 4 is 12.2 Å². The number of benzene rings is 1. The fourth-order valence-corrected chi connectivity index (χ4v) is 3.03. The first-order valence-electron chi connectivity index (χ1n) is 7.65. The predicted octanol–water partition coefficient (Wildman–Crippen LogP) is 4.87. The zero-order chi connectivity index (χ0) is 15.6. The van der Waals surface area contributed by atoms with Gasteiger partial charge in [0.05, 0.1) is 0 Å². The van der Waals surface area contributed by atoms with Gasteiger partial charge in [-0.2, -0.15) is 5.10 Å². The first-order valence-corrected chi connectivity index (χ1v) is 8.06.